The molecule has 2 aromatic rings. The number of hydrogen-bond donors (Lipinski definition) is 0. The number of ether oxygens (including phenoxy) is 1. The highest BCUT2D eigenvalue weighted by molar-refractivity contribution is 5.76. The minimum absolute atomic E-state index is 0.0270. The molecule has 0 bridgehead atoms. The van der Waals surface area contributed by atoms with Crippen LogP contribution in [0.4, 0.5) is 0 Å². The van der Waals surface area contributed by atoms with E-state index in [1.807, 2.05) is 12.3 Å². The number of fused-ring (bicyclic) bond motifs is 1. The van der Waals surface area contributed by atoms with E-state index in [2.05, 4.69) is 45.6 Å². The molecule has 0 aliphatic carbocycles. The van der Waals surface area contributed by atoms with Crippen LogP contribution in [0, 0.1) is 0 Å². The van der Waals surface area contributed by atoms with Gasteiger partial charge in [0.25, 0.3) is 0 Å². The molecule has 1 aromatic carbocycles. The maximum atomic E-state index is 11.6. The summed E-state index contributed by atoms with van der Waals surface area (Å²) in [5, 5.41) is 0. The van der Waals surface area contributed by atoms with Gasteiger partial charge in [-0.15, -0.1) is 0 Å². The van der Waals surface area contributed by atoms with Crippen molar-refractivity contribution in [2.24, 2.45) is 0 Å². The highest BCUT2D eigenvalue weighted by atomic mass is 16.5. The van der Waals surface area contributed by atoms with Crippen molar-refractivity contribution in [3.8, 4) is 0 Å². The summed E-state index contributed by atoms with van der Waals surface area (Å²) < 4.78 is 7.79. The molecule has 134 valence electrons. The summed E-state index contributed by atoms with van der Waals surface area (Å²) in [6.45, 7) is 5.51. The highest BCUT2D eigenvalue weighted by Gasteiger charge is 2.27. The highest BCUT2D eigenvalue weighted by Crippen LogP contribution is 2.27. The molecular formula is C19H26N4O2. The zero-order valence-electron chi connectivity index (χ0n) is 15.2. The zero-order valence-corrected chi connectivity index (χ0v) is 15.2. The van der Waals surface area contributed by atoms with Gasteiger partial charge in [-0.3, -0.25) is 9.69 Å². The topological polar surface area (TPSA) is 50.6 Å². The second-order valence-electron chi connectivity index (χ2n) is 6.67. The summed E-state index contributed by atoms with van der Waals surface area (Å²) in [6, 6.07) is 10.8. The lowest BCUT2D eigenvalue weighted by Crippen LogP contribution is -2.37. The molecule has 1 aromatic heterocycles. The molecule has 0 spiro atoms. The number of hydrogen-bond acceptors (Lipinski definition) is 4. The third-order valence-electron chi connectivity index (χ3n) is 4.70. The van der Waals surface area contributed by atoms with Crippen LogP contribution in [-0.2, 0) is 29.2 Å². The summed E-state index contributed by atoms with van der Waals surface area (Å²) in [5.74, 6) is 1.04. The number of aromatic nitrogens is 2. The van der Waals surface area contributed by atoms with E-state index < -0.39 is 0 Å². The van der Waals surface area contributed by atoms with Gasteiger partial charge in [0.05, 0.1) is 24.5 Å². The Kier molecular flexibility index (Phi) is 5.50. The van der Waals surface area contributed by atoms with Crippen molar-refractivity contribution in [3.63, 3.8) is 0 Å². The van der Waals surface area contributed by atoms with E-state index in [0.29, 0.717) is 6.61 Å². The van der Waals surface area contributed by atoms with Crippen LogP contribution in [0.15, 0.2) is 36.5 Å². The minimum Gasteiger partial charge on any atom is -0.365 e. The van der Waals surface area contributed by atoms with Crippen LogP contribution in [0.1, 0.15) is 30.0 Å². The maximum Gasteiger partial charge on any atom is 0.248 e. The first-order valence-electron chi connectivity index (χ1n) is 8.66. The Morgan fingerprint density at radius 2 is 2.04 bits per heavy atom. The van der Waals surface area contributed by atoms with E-state index in [1.54, 1.807) is 14.1 Å². The molecule has 1 atom stereocenters. The number of imidazole rings is 1. The van der Waals surface area contributed by atoms with Gasteiger partial charge in [0.2, 0.25) is 5.91 Å². The molecule has 0 saturated heterocycles. The van der Waals surface area contributed by atoms with Crippen molar-refractivity contribution in [1.29, 1.82) is 0 Å². The SMILES string of the molecule is CC1c2ncc(COCC(=O)N(C)C)n2CCN1Cc1ccccc1. The Morgan fingerprint density at radius 3 is 2.76 bits per heavy atom. The van der Waals surface area contributed by atoms with Gasteiger partial charge in [-0.25, -0.2) is 4.98 Å². The predicted molar refractivity (Wildman–Crippen MR) is 95.8 cm³/mol. The fourth-order valence-electron chi connectivity index (χ4n) is 3.13. The molecule has 2 heterocycles. The van der Waals surface area contributed by atoms with Crippen molar-refractivity contribution in [2.45, 2.75) is 32.7 Å². The fraction of sp³-hybridized carbons (Fsp3) is 0.474. The first kappa shape index (κ1) is 17.6. The van der Waals surface area contributed by atoms with Gasteiger partial charge in [0.15, 0.2) is 0 Å². The number of carbonyl (C=O) groups excluding carboxylic acids is 1. The number of likely N-dealkylation sites (N-methyl/N-ethyl adjacent to an activating group) is 1. The molecule has 6 nitrogen and oxygen atoms in total. The predicted octanol–water partition coefficient (Wildman–Crippen LogP) is 2.06. The third-order valence-corrected chi connectivity index (χ3v) is 4.70. The summed E-state index contributed by atoms with van der Waals surface area (Å²) in [6.07, 6.45) is 1.87. The Bertz CT molecular complexity index is 711. The van der Waals surface area contributed by atoms with Gasteiger partial charge in [0.1, 0.15) is 12.4 Å². The molecule has 0 saturated carbocycles. The van der Waals surface area contributed by atoms with Crippen molar-refractivity contribution in [1.82, 2.24) is 19.4 Å². The van der Waals surface area contributed by atoms with Crippen LogP contribution in [-0.4, -0.2) is 52.5 Å². The number of rotatable bonds is 6. The molecule has 0 fully saturated rings. The fourth-order valence-corrected chi connectivity index (χ4v) is 3.13. The number of carbonyl (C=O) groups is 1. The van der Waals surface area contributed by atoms with Gasteiger partial charge in [-0.05, 0) is 12.5 Å². The van der Waals surface area contributed by atoms with Crippen LogP contribution >= 0.6 is 0 Å². The van der Waals surface area contributed by atoms with Crippen LogP contribution in [0.25, 0.3) is 0 Å². The molecule has 25 heavy (non-hydrogen) atoms. The van der Waals surface area contributed by atoms with E-state index >= 15 is 0 Å². The van der Waals surface area contributed by atoms with Crippen LogP contribution in [0.5, 0.6) is 0 Å². The first-order chi connectivity index (χ1) is 12.1. The quantitative estimate of drug-likeness (QED) is 0.806. The van der Waals surface area contributed by atoms with Crippen LogP contribution < -0.4 is 0 Å². The second kappa shape index (κ2) is 7.80. The third kappa shape index (κ3) is 4.08. The Morgan fingerprint density at radius 1 is 1.28 bits per heavy atom. The van der Waals surface area contributed by atoms with Crippen molar-refractivity contribution >= 4 is 5.91 Å². The van der Waals surface area contributed by atoms with E-state index in [1.165, 1.54) is 10.5 Å². The van der Waals surface area contributed by atoms with Crippen molar-refractivity contribution in [3.05, 3.63) is 53.6 Å². The molecule has 3 rings (SSSR count). The van der Waals surface area contributed by atoms with Gasteiger partial charge in [0, 0.05) is 33.7 Å². The largest absolute Gasteiger partial charge is 0.365 e. The van der Waals surface area contributed by atoms with E-state index in [9.17, 15) is 4.79 Å². The molecule has 1 aliphatic heterocycles. The standard InChI is InChI=1S/C19H26N4O2/c1-15-19-20-11-17(13-25-14-18(24)21(2)3)23(19)10-9-22(15)12-16-7-5-4-6-8-16/h4-8,11,15H,9-10,12-14H2,1-3H3. The van der Waals surface area contributed by atoms with E-state index in [0.717, 1.165) is 31.2 Å². The first-order valence-corrected chi connectivity index (χ1v) is 8.66. The molecule has 6 heteroatoms. The van der Waals surface area contributed by atoms with Gasteiger partial charge in [-0.1, -0.05) is 30.3 Å². The van der Waals surface area contributed by atoms with Gasteiger partial charge >= 0.3 is 0 Å². The lowest BCUT2D eigenvalue weighted by Gasteiger charge is -2.34. The molecule has 1 amide bonds. The Labute approximate surface area is 149 Å². The molecule has 0 N–H and O–H groups in total. The zero-order chi connectivity index (χ0) is 17.8. The van der Waals surface area contributed by atoms with Crippen molar-refractivity contribution < 1.29 is 9.53 Å². The molecule has 0 radical (unpaired) electrons. The lowest BCUT2D eigenvalue weighted by atomic mass is 10.1. The van der Waals surface area contributed by atoms with Gasteiger partial charge in [-0.2, -0.15) is 0 Å². The smallest absolute Gasteiger partial charge is 0.248 e. The summed E-state index contributed by atoms with van der Waals surface area (Å²) in [4.78, 5) is 20.2. The normalized spacial score (nSPS) is 17.3. The number of nitrogens with zero attached hydrogens (tertiary/aromatic N) is 4. The number of benzene rings is 1. The summed E-state index contributed by atoms with van der Waals surface area (Å²) in [5.41, 5.74) is 2.35. The van der Waals surface area contributed by atoms with E-state index in [-0.39, 0.29) is 18.6 Å². The molecule has 1 unspecified atom stereocenters. The van der Waals surface area contributed by atoms with Crippen molar-refractivity contribution in [2.75, 3.05) is 27.2 Å². The minimum atomic E-state index is -0.0270. The average molecular weight is 342 g/mol. The molecular weight excluding hydrogens is 316 g/mol. The lowest BCUT2D eigenvalue weighted by molar-refractivity contribution is -0.134. The summed E-state index contributed by atoms with van der Waals surface area (Å²) >= 11 is 0. The summed E-state index contributed by atoms with van der Waals surface area (Å²) in [7, 11) is 3.46. The monoisotopic (exact) mass is 342 g/mol. The Balaban J connectivity index is 1.62. The second-order valence-corrected chi connectivity index (χ2v) is 6.67. The number of amides is 1. The molecule has 1 aliphatic rings. The Hall–Kier alpha value is -2.18. The maximum absolute atomic E-state index is 11.6. The van der Waals surface area contributed by atoms with E-state index in [4.69, 9.17) is 4.74 Å². The van der Waals surface area contributed by atoms with Crippen LogP contribution in [0.3, 0.4) is 0 Å². The van der Waals surface area contributed by atoms with Crippen LogP contribution in [0.2, 0.25) is 0 Å². The average Bonchev–Trinajstić information content (AvgIpc) is 3.02. The van der Waals surface area contributed by atoms with Gasteiger partial charge < -0.3 is 14.2 Å².